The number of carbonyl (C=O) groups is 3. The maximum atomic E-state index is 14.5. The van der Waals surface area contributed by atoms with Gasteiger partial charge in [0.1, 0.15) is 28.1 Å². The average molecular weight is 560 g/mol. The number of rotatable bonds is 9. The third kappa shape index (κ3) is 7.32. The molecule has 0 radical (unpaired) electrons. The molecule has 3 amide bonds. The van der Waals surface area contributed by atoms with Gasteiger partial charge in [0, 0.05) is 18.1 Å². The molecule has 0 fully saturated rings. The molecule has 0 unspecified atom stereocenters. The first-order valence-corrected chi connectivity index (χ1v) is 12.0. The predicted molar refractivity (Wildman–Crippen MR) is 140 cm³/mol. The van der Waals surface area contributed by atoms with Crippen molar-refractivity contribution in [2.24, 2.45) is 5.73 Å². The van der Waals surface area contributed by atoms with Crippen LogP contribution in [0.3, 0.4) is 0 Å². The van der Waals surface area contributed by atoms with Crippen LogP contribution in [0.25, 0.3) is 22.2 Å². The summed E-state index contributed by atoms with van der Waals surface area (Å²) in [6.07, 6.45) is 1.80. The number of anilines is 3. The molecule has 0 aliphatic rings. The molecule has 4 aromatic rings. The van der Waals surface area contributed by atoms with E-state index in [4.69, 9.17) is 20.7 Å². The first-order valence-electron chi connectivity index (χ1n) is 11.2. The molecular weight excluding hydrogens is 536 g/mol. The number of thiazole rings is 1. The fourth-order valence-electron chi connectivity index (χ4n) is 3.04. The summed E-state index contributed by atoms with van der Waals surface area (Å²) in [5.41, 5.74) is 10.3. The summed E-state index contributed by atoms with van der Waals surface area (Å²) < 4.78 is 39.1. The number of carbonyl (C=O) groups excluding carboxylic acids is 3. The maximum absolute atomic E-state index is 14.5. The Bertz CT molecular complexity index is 1490. The molecule has 4 rings (SSSR count). The molecule has 0 aliphatic heterocycles. The van der Waals surface area contributed by atoms with E-state index < -0.39 is 17.5 Å². The average Bonchev–Trinajstić information content (AvgIpc) is 3.52. The van der Waals surface area contributed by atoms with Crippen molar-refractivity contribution < 1.29 is 32.4 Å². The number of amides is 3. The number of nitrogens with one attached hydrogen (secondary N) is 2. The molecule has 15 heteroatoms. The second kappa shape index (κ2) is 13.0. The predicted octanol–water partition coefficient (Wildman–Crippen LogP) is 3.82. The first kappa shape index (κ1) is 28.6. The van der Waals surface area contributed by atoms with E-state index in [0.29, 0.717) is 24.6 Å². The van der Waals surface area contributed by atoms with Crippen LogP contribution in [0, 0.1) is 11.6 Å². The number of halogens is 2. The van der Waals surface area contributed by atoms with Gasteiger partial charge >= 0.3 is 0 Å². The van der Waals surface area contributed by atoms with E-state index in [9.17, 15) is 23.2 Å². The second-order valence-electron chi connectivity index (χ2n) is 7.63. The van der Waals surface area contributed by atoms with Crippen molar-refractivity contribution in [1.29, 1.82) is 0 Å². The number of methoxy groups -OCH3 is 1. The second-order valence-corrected chi connectivity index (χ2v) is 8.63. The topological polar surface area (TPSA) is 188 Å². The molecular formula is C24H23F2N7O5S. The highest BCUT2D eigenvalue weighted by atomic mass is 32.1. The van der Waals surface area contributed by atoms with Crippen molar-refractivity contribution in [3.05, 3.63) is 53.6 Å². The lowest BCUT2D eigenvalue weighted by Crippen LogP contribution is -2.13. The summed E-state index contributed by atoms with van der Waals surface area (Å²) in [6, 6.07) is 7.87. The van der Waals surface area contributed by atoms with E-state index in [1.54, 1.807) is 12.1 Å². The molecule has 2 aromatic carbocycles. The molecule has 6 N–H and O–H groups in total. The molecule has 0 aliphatic carbocycles. The summed E-state index contributed by atoms with van der Waals surface area (Å²) >= 11 is 0.969. The Balaban J connectivity index is 0.000000631. The van der Waals surface area contributed by atoms with Gasteiger partial charge in [0.05, 0.1) is 18.4 Å². The van der Waals surface area contributed by atoms with Gasteiger partial charge in [0.15, 0.2) is 5.13 Å². The van der Waals surface area contributed by atoms with Gasteiger partial charge in [-0.25, -0.2) is 13.8 Å². The van der Waals surface area contributed by atoms with Crippen LogP contribution in [-0.2, 0) is 9.59 Å². The number of nitrogens with two attached hydrogens (primary N) is 2. The van der Waals surface area contributed by atoms with E-state index in [1.165, 1.54) is 19.2 Å². The number of nitrogens with zero attached hydrogens (tertiary/aromatic N) is 3. The van der Waals surface area contributed by atoms with Gasteiger partial charge in [-0.05, 0) is 30.7 Å². The van der Waals surface area contributed by atoms with Crippen molar-refractivity contribution in [2.75, 3.05) is 23.5 Å². The normalized spacial score (nSPS) is 10.3. The van der Waals surface area contributed by atoms with Gasteiger partial charge in [-0.1, -0.05) is 29.5 Å². The summed E-state index contributed by atoms with van der Waals surface area (Å²) in [5, 5.41) is 8.64. The molecule has 2 heterocycles. The van der Waals surface area contributed by atoms with Crippen molar-refractivity contribution >= 4 is 46.2 Å². The number of nitrogen functional groups attached to an aromatic ring is 1. The van der Waals surface area contributed by atoms with Crippen molar-refractivity contribution in [3.8, 4) is 27.9 Å². The van der Waals surface area contributed by atoms with E-state index in [1.807, 2.05) is 6.92 Å². The summed E-state index contributed by atoms with van der Waals surface area (Å²) in [7, 11) is 1.45. The maximum Gasteiger partial charge on any atom is 0.272 e. The third-order valence-corrected chi connectivity index (χ3v) is 5.82. The molecule has 12 nitrogen and oxygen atoms in total. The Morgan fingerprint density at radius 3 is 2.59 bits per heavy atom. The van der Waals surface area contributed by atoms with E-state index in [-0.39, 0.29) is 50.3 Å². The number of primary amides is 1. The van der Waals surface area contributed by atoms with Crippen LogP contribution in [-0.4, -0.2) is 40.5 Å². The smallest absolute Gasteiger partial charge is 0.272 e. The molecule has 39 heavy (non-hydrogen) atoms. The number of ether oxygens (including phenoxy) is 1. The van der Waals surface area contributed by atoms with Gasteiger partial charge in [-0.3, -0.25) is 14.4 Å². The SMILES string of the molecule is CCCC(N)=O.COc1cccc(C(=O)Nc2cc(-c3noc(-c4sc(NC=O)nc4N)n3)c(F)cc2F)c1. The van der Waals surface area contributed by atoms with Crippen LogP contribution in [0.4, 0.5) is 25.4 Å². The lowest BCUT2D eigenvalue weighted by atomic mass is 10.1. The van der Waals surface area contributed by atoms with Crippen LogP contribution in [0.15, 0.2) is 40.9 Å². The molecule has 0 atom stereocenters. The monoisotopic (exact) mass is 559 g/mol. The van der Waals surface area contributed by atoms with Crippen molar-refractivity contribution in [3.63, 3.8) is 0 Å². The van der Waals surface area contributed by atoms with Gasteiger partial charge in [-0.2, -0.15) is 4.98 Å². The molecule has 0 bridgehead atoms. The van der Waals surface area contributed by atoms with Gasteiger partial charge < -0.3 is 31.4 Å². The summed E-state index contributed by atoms with van der Waals surface area (Å²) in [4.78, 5) is 41.2. The number of hydrogen-bond acceptors (Lipinski definition) is 10. The van der Waals surface area contributed by atoms with Crippen LogP contribution < -0.4 is 26.8 Å². The lowest BCUT2D eigenvalue weighted by molar-refractivity contribution is -0.118. The Morgan fingerprint density at radius 2 is 1.95 bits per heavy atom. The summed E-state index contributed by atoms with van der Waals surface area (Å²) in [6.45, 7) is 1.92. The highest BCUT2D eigenvalue weighted by Gasteiger charge is 2.21. The Hall–Kier alpha value is -4.92. The number of aromatic nitrogens is 3. The highest BCUT2D eigenvalue weighted by Crippen LogP contribution is 2.35. The largest absolute Gasteiger partial charge is 0.497 e. The third-order valence-electron chi connectivity index (χ3n) is 4.83. The standard InChI is InChI=1S/C20H14F2N6O4S.C4H9NO/c1-31-10-4-2-3-9(5-10)18(30)25-14-6-11(12(21)7-13(14)22)17-27-19(32-28-17)15-16(23)26-20(33-15)24-8-29;1-2-3-4(5)6/h2-8H,23H2,1H3,(H,25,30)(H,24,26,29);2-3H2,1H3,(H2,5,6). The molecule has 204 valence electrons. The zero-order valence-corrected chi connectivity index (χ0v) is 21.5. The number of hydrogen-bond donors (Lipinski definition) is 4. The lowest BCUT2D eigenvalue weighted by Gasteiger charge is -2.09. The fourth-order valence-corrected chi connectivity index (χ4v) is 3.81. The highest BCUT2D eigenvalue weighted by molar-refractivity contribution is 7.19. The Morgan fingerprint density at radius 1 is 1.18 bits per heavy atom. The summed E-state index contributed by atoms with van der Waals surface area (Å²) in [5.74, 6) is -2.64. The van der Waals surface area contributed by atoms with Crippen LogP contribution in [0.1, 0.15) is 30.1 Å². The van der Waals surface area contributed by atoms with E-state index >= 15 is 0 Å². The Kier molecular flexibility index (Phi) is 9.58. The van der Waals surface area contributed by atoms with Crippen LogP contribution >= 0.6 is 11.3 Å². The minimum atomic E-state index is -0.993. The Labute approximate surface area is 224 Å². The van der Waals surface area contributed by atoms with E-state index in [2.05, 4.69) is 25.8 Å². The molecule has 2 aromatic heterocycles. The van der Waals surface area contributed by atoms with Crippen molar-refractivity contribution in [2.45, 2.75) is 19.8 Å². The van der Waals surface area contributed by atoms with Crippen molar-refractivity contribution in [1.82, 2.24) is 15.1 Å². The number of benzene rings is 2. The molecule has 0 spiro atoms. The quantitative estimate of drug-likeness (QED) is 0.221. The van der Waals surface area contributed by atoms with Crippen LogP contribution in [0.2, 0.25) is 0 Å². The first-order chi connectivity index (χ1) is 18.7. The van der Waals surface area contributed by atoms with Crippen LogP contribution in [0.5, 0.6) is 5.75 Å². The van der Waals surface area contributed by atoms with E-state index in [0.717, 1.165) is 23.8 Å². The molecule has 0 saturated carbocycles. The van der Waals surface area contributed by atoms with Gasteiger partial charge in [0.25, 0.3) is 11.8 Å². The zero-order chi connectivity index (χ0) is 28.5. The zero-order valence-electron chi connectivity index (χ0n) is 20.7. The minimum Gasteiger partial charge on any atom is -0.497 e. The molecule has 0 saturated heterocycles. The minimum absolute atomic E-state index is 0.0189. The fraction of sp³-hybridized carbons (Fsp3) is 0.167. The van der Waals surface area contributed by atoms with Gasteiger partial charge in [-0.15, -0.1) is 0 Å². The van der Waals surface area contributed by atoms with Gasteiger partial charge in [0.2, 0.25) is 18.1 Å².